The molecule has 0 saturated carbocycles. The van der Waals surface area contributed by atoms with Crippen LogP contribution in [0.1, 0.15) is 29.7 Å². The molecule has 0 saturated heterocycles. The summed E-state index contributed by atoms with van der Waals surface area (Å²) in [4.78, 5) is 0. The predicted molar refractivity (Wildman–Crippen MR) is 82.1 cm³/mol. The van der Waals surface area contributed by atoms with Crippen LogP contribution < -0.4 is 4.72 Å². The highest BCUT2D eigenvalue weighted by Gasteiger charge is 2.31. The minimum Gasteiger partial charge on any atom is -0.212 e. The van der Waals surface area contributed by atoms with Crippen LogP contribution in [0.2, 0.25) is 0 Å². The monoisotopic (exact) mass is 343 g/mol. The predicted octanol–water partition coefficient (Wildman–Crippen LogP) is 3.89. The topological polar surface area (TPSA) is 46.2 Å². The van der Waals surface area contributed by atoms with Crippen LogP contribution in [0.4, 0.5) is 13.2 Å². The fourth-order valence-corrected chi connectivity index (χ4v) is 3.55. The molecular weight excluding hydrogens is 327 g/mol. The lowest BCUT2D eigenvalue weighted by atomic mass is 10.1. The van der Waals surface area contributed by atoms with Crippen LogP contribution in [0.25, 0.3) is 0 Å². The van der Waals surface area contributed by atoms with Crippen LogP contribution in [0.5, 0.6) is 0 Å². The van der Waals surface area contributed by atoms with E-state index in [-0.39, 0.29) is 11.3 Å². The SMILES string of the molecule is C[C@H](NS(=O)(=O)Cc1ccccc1)c1cccc(C(F)(F)F)c1. The highest BCUT2D eigenvalue weighted by atomic mass is 32.2. The zero-order valence-electron chi connectivity index (χ0n) is 12.3. The average molecular weight is 343 g/mol. The fraction of sp³-hybridized carbons (Fsp3) is 0.250. The molecule has 0 unspecified atom stereocenters. The molecule has 0 aliphatic heterocycles. The summed E-state index contributed by atoms with van der Waals surface area (Å²) < 4.78 is 64.8. The molecule has 0 spiro atoms. The lowest BCUT2D eigenvalue weighted by molar-refractivity contribution is -0.137. The Labute approximate surface area is 133 Å². The molecule has 0 aliphatic rings. The van der Waals surface area contributed by atoms with E-state index in [4.69, 9.17) is 0 Å². The number of alkyl halides is 3. The van der Waals surface area contributed by atoms with Gasteiger partial charge < -0.3 is 0 Å². The molecule has 124 valence electrons. The average Bonchev–Trinajstić information content (AvgIpc) is 2.46. The summed E-state index contributed by atoms with van der Waals surface area (Å²) in [5, 5.41) is 0. The van der Waals surface area contributed by atoms with Gasteiger partial charge in [-0.3, -0.25) is 0 Å². The first-order valence-electron chi connectivity index (χ1n) is 6.88. The second kappa shape index (κ2) is 6.72. The summed E-state index contributed by atoms with van der Waals surface area (Å²) in [6, 6.07) is 12.4. The van der Waals surface area contributed by atoms with E-state index in [9.17, 15) is 21.6 Å². The maximum atomic E-state index is 12.7. The van der Waals surface area contributed by atoms with Crippen LogP contribution in [-0.2, 0) is 22.0 Å². The lowest BCUT2D eigenvalue weighted by Crippen LogP contribution is -2.28. The van der Waals surface area contributed by atoms with Crippen molar-refractivity contribution in [1.29, 1.82) is 0 Å². The van der Waals surface area contributed by atoms with E-state index in [1.165, 1.54) is 19.1 Å². The molecule has 2 aromatic carbocycles. The van der Waals surface area contributed by atoms with Gasteiger partial charge in [0.05, 0.1) is 11.3 Å². The smallest absolute Gasteiger partial charge is 0.212 e. The van der Waals surface area contributed by atoms with Gasteiger partial charge in [0.2, 0.25) is 10.0 Å². The van der Waals surface area contributed by atoms with E-state index in [2.05, 4.69) is 4.72 Å². The number of hydrogen-bond donors (Lipinski definition) is 1. The lowest BCUT2D eigenvalue weighted by Gasteiger charge is -2.16. The molecule has 1 atom stereocenters. The zero-order chi connectivity index (χ0) is 17.1. The summed E-state index contributed by atoms with van der Waals surface area (Å²) in [5.41, 5.74) is 0.0665. The van der Waals surface area contributed by atoms with Gasteiger partial charge in [0.1, 0.15) is 0 Å². The maximum Gasteiger partial charge on any atom is 0.416 e. The van der Waals surface area contributed by atoms with Crippen LogP contribution in [0.15, 0.2) is 54.6 Å². The van der Waals surface area contributed by atoms with E-state index in [0.29, 0.717) is 5.56 Å². The number of rotatable bonds is 5. The minimum absolute atomic E-state index is 0.225. The Hall–Kier alpha value is -1.86. The van der Waals surface area contributed by atoms with Gasteiger partial charge >= 0.3 is 6.18 Å². The molecule has 0 amide bonds. The Morgan fingerprint density at radius 2 is 1.70 bits per heavy atom. The van der Waals surface area contributed by atoms with Crippen molar-refractivity contribution in [3.05, 3.63) is 71.3 Å². The quantitative estimate of drug-likeness (QED) is 0.895. The van der Waals surface area contributed by atoms with Gasteiger partial charge in [-0.05, 0) is 30.2 Å². The molecular formula is C16H16F3NO2S. The van der Waals surface area contributed by atoms with Crippen molar-refractivity contribution in [2.24, 2.45) is 0 Å². The molecule has 0 bridgehead atoms. The van der Waals surface area contributed by atoms with Gasteiger partial charge in [0.15, 0.2) is 0 Å². The van der Waals surface area contributed by atoms with E-state index in [0.717, 1.165) is 12.1 Å². The van der Waals surface area contributed by atoms with Crippen molar-refractivity contribution in [1.82, 2.24) is 4.72 Å². The first-order chi connectivity index (χ1) is 10.7. The van der Waals surface area contributed by atoms with Gasteiger partial charge in [-0.1, -0.05) is 42.5 Å². The molecule has 3 nitrogen and oxygen atoms in total. The second-order valence-corrected chi connectivity index (χ2v) is 6.96. The Morgan fingerprint density at radius 3 is 2.30 bits per heavy atom. The first kappa shape index (κ1) is 17.5. The van der Waals surface area contributed by atoms with Crippen LogP contribution in [0.3, 0.4) is 0 Å². The highest BCUT2D eigenvalue weighted by molar-refractivity contribution is 7.88. The van der Waals surface area contributed by atoms with Gasteiger partial charge in [-0.2, -0.15) is 13.2 Å². The third-order valence-corrected chi connectivity index (χ3v) is 4.70. The molecule has 1 N–H and O–H groups in total. The summed E-state index contributed by atoms with van der Waals surface area (Å²) in [7, 11) is -3.66. The molecule has 0 aliphatic carbocycles. The van der Waals surface area contributed by atoms with E-state index in [1.54, 1.807) is 30.3 Å². The molecule has 2 aromatic rings. The summed E-state index contributed by atoms with van der Waals surface area (Å²) in [5.74, 6) is -0.225. The number of hydrogen-bond acceptors (Lipinski definition) is 2. The Bertz CT molecular complexity index is 758. The molecule has 0 fully saturated rings. The van der Waals surface area contributed by atoms with E-state index >= 15 is 0 Å². The molecule has 0 aromatic heterocycles. The number of nitrogens with one attached hydrogen (secondary N) is 1. The van der Waals surface area contributed by atoms with Gasteiger partial charge in [0, 0.05) is 6.04 Å². The van der Waals surface area contributed by atoms with Crippen molar-refractivity contribution in [3.8, 4) is 0 Å². The van der Waals surface area contributed by atoms with Crippen molar-refractivity contribution in [2.75, 3.05) is 0 Å². The molecule has 0 radical (unpaired) electrons. The molecule has 0 heterocycles. The number of benzene rings is 2. The number of halogens is 3. The standard InChI is InChI=1S/C16H16F3NO2S/c1-12(14-8-5-9-15(10-14)16(17,18)19)20-23(21,22)11-13-6-3-2-4-7-13/h2-10,12,20H,11H2,1H3/t12-/m0/s1. The summed E-state index contributed by atoms with van der Waals surface area (Å²) in [6.07, 6.45) is -4.46. The van der Waals surface area contributed by atoms with Gasteiger partial charge in [-0.15, -0.1) is 0 Å². The first-order valence-corrected chi connectivity index (χ1v) is 8.54. The molecule has 23 heavy (non-hydrogen) atoms. The normalized spacial score (nSPS) is 13.7. The second-order valence-electron chi connectivity index (χ2n) is 5.21. The van der Waals surface area contributed by atoms with E-state index < -0.39 is 27.8 Å². The minimum atomic E-state index is -4.46. The summed E-state index contributed by atoms with van der Waals surface area (Å²) >= 11 is 0. The van der Waals surface area contributed by atoms with Crippen LogP contribution >= 0.6 is 0 Å². The highest BCUT2D eigenvalue weighted by Crippen LogP contribution is 2.30. The van der Waals surface area contributed by atoms with Gasteiger partial charge in [-0.25, -0.2) is 13.1 Å². The molecule has 2 rings (SSSR count). The van der Waals surface area contributed by atoms with Crippen LogP contribution in [-0.4, -0.2) is 8.42 Å². The third kappa shape index (κ3) is 5.07. The maximum absolute atomic E-state index is 12.7. The number of sulfonamides is 1. The van der Waals surface area contributed by atoms with Crippen molar-refractivity contribution in [3.63, 3.8) is 0 Å². The zero-order valence-corrected chi connectivity index (χ0v) is 13.2. The fourth-order valence-electron chi connectivity index (χ4n) is 2.16. The summed E-state index contributed by atoms with van der Waals surface area (Å²) in [6.45, 7) is 1.51. The van der Waals surface area contributed by atoms with E-state index in [1.807, 2.05) is 0 Å². The van der Waals surface area contributed by atoms with Crippen LogP contribution in [0, 0.1) is 0 Å². The molecule has 7 heteroatoms. The Balaban J connectivity index is 2.13. The third-order valence-electron chi connectivity index (χ3n) is 3.27. The Morgan fingerprint density at radius 1 is 1.04 bits per heavy atom. The van der Waals surface area contributed by atoms with Crippen molar-refractivity contribution < 1.29 is 21.6 Å². The Kier molecular flexibility index (Phi) is 5.11. The van der Waals surface area contributed by atoms with Gasteiger partial charge in [0.25, 0.3) is 0 Å². The van der Waals surface area contributed by atoms with Crippen molar-refractivity contribution in [2.45, 2.75) is 24.9 Å². The van der Waals surface area contributed by atoms with Crippen molar-refractivity contribution >= 4 is 10.0 Å². The largest absolute Gasteiger partial charge is 0.416 e.